The van der Waals surface area contributed by atoms with Gasteiger partial charge >= 0.3 is 5.97 Å². The number of nitrogens with zero attached hydrogens (tertiary/aromatic N) is 2. The van der Waals surface area contributed by atoms with Gasteiger partial charge < -0.3 is 9.52 Å². The largest absolute Gasteiger partial charge is 0.475 e. The van der Waals surface area contributed by atoms with E-state index < -0.39 is 5.97 Å². The molecule has 0 aliphatic carbocycles. The molecule has 2 rings (SSSR count). The van der Waals surface area contributed by atoms with Crippen molar-refractivity contribution in [1.82, 2.24) is 9.78 Å². The van der Waals surface area contributed by atoms with Crippen LogP contribution in [-0.4, -0.2) is 20.9 Å². The van der Waals surface area contributed by atoms with E-state index in [1.165, 1.54) is 6.07 Å². The van der Waals surface area contributed by atoms with E-state index in [0.29, 0.717) is 5.76 Å². The van der Waals surface area contributed by atoms with E-state index in [1.807, 2.05) is 13.2 Å². The molecule has 0 atom stereocenters. The Morgan fingerprint density at radius 2 is 2.06 bits per heavy atom. The van der Waals surface area contributed by atoms with Crippen molar-refractivity contribution in [2.45, 2.75) is 26.2 Å². The van der Waals surface area contributed by atoms with Crippen molar-refractivity contribution in [3.8, 4) is 11.3 Å². The molecule has 0 amide bonds. The second-order valence-corrected chi connectivity index (χ2v) is 5.28. The Morgan fingerprint density at radius 1 is 1.39 bits per heavy atom. The first-order chi connectivity index (χ1) is 8.29. The van der Waals surface area contributed by atoms with Crippen LogP contribution >= 0.6 is 0 Å². The highest BCUT2D eigenvalue weighted by Gasteiger charge is 2.24. The predicted octanol–water partition coefficient (Wildman–Crippen LogP) is 2.68. The number of furan rings is 1. The molecule has 0 unspecified atom stereocenters. The highest BCUT2D eigenvalue weighted by molar-refractivity contribution is 5.85. The van der Waals surface area contributed by atoms with Crippen molar-refractivity contribution < 1.29 is 14.3 Å². The van der Waals surface area contributed by atoms with Gasteiger partial charge in [0, 0.05) is 18.7 Å². The van der Waals surface area contributed by atoms with Crippen molar-refractivity contribution >= 4 is 5.97 Å². The third-order valence-corrected chi connectivity index (χ3v) is 2.62. The van der Waals surface area contributed by atoms with E-state index >= 15 is 0 Å². The SMILES string of the molecule is Cn1cc(-c2ccc(C(=O)O)o2)c(C(C)(C)C)n1. The molecule has 0 bridgehead atoms. The maximum Gasteiger partial charge on any atom is 0.371 e. The summed E-state index contributed by atoms with van der Waals surface area (Å²) >= 11 is 0. The van der Waals surface area contributed by atoms with Gasteiger partial charge in [0.15, 0.2) is 0 Å². The molecule has 0 aromatic carbocycles. The first-order valence-corrected chi connectivity index (χ1v) is 5.66. The summed E-state index contributed by atoms with van der Waals surface area (Å²) in [5, 5.41) is 13.3. The quantitative estimate of drug-likeness (QED) is 0.887. The molecule has 2 aromatic rings. The molecular weight excluding hydrogens is 232 g/mol. The van der Waals surface area contributed by atoms with Gasteiger partial charge in [0.2, 0.25) is 5.76 Å². The average molecular weight is 248 g/mol. The predicted molar refractivity (Wildman–Crippen MR) is 66.6 cm³/mol. The molecule has 2 aromatic heterocycles. The van der Waals surface area contributed by atoms with Crippen LogP contribution in [-0.2, 0) is 12.5 Å². The molecule has 0 aliphatic heterocycles. The molecule has 0 saturated heterocycles. The Balaban J connectivity index is 2.53. The average Bonchev–Trinajstić information content (AvgIpc) is 2.81. The van der Waals surface area contributed by atoms with E-state index in [1.54, 1.807) is 10.7 Å². The Kier molecular flexibility index (Phi) is 2.77. The topological polar surface area (TPSA) is 68.3 Å². The van der Waals surface area contributed by atoms with Gasteiger partial charge in [-0.3, -0.25) is 4.68 Å². The van der Waals surface area contributed by atoms with Crippen LogP contribution in [0.2, 0.25) is 0 Å². The fourth-order valence-electron chi connectivity index (χ4n) is 1.82. The van der Waals surface area contributed by atoms with Gasteiger partial charge in [0.05, 0.1) is 11.3 Å². The summed E-state index contributed by atoms with van der Waals surface area (Å²) in [4.78, 5) is 10.8. The van der Waals surface area contributed by atoms with Gasteiger partial charge in [-0.15, -0.1) is 0 Å². The van der Waals surface area contributed by atoms with Crippen LogP contribution in [0, 0.1) is 0 Å². The highest BCUT2D eigenvalue weighted by Crippen LogP contribution is 2.32. The highest BCUT2D eigenvalue weighted by atomic mass is 16.4. The Morgan fingerprint density at radius 3 is 2.56 bits per heavy atom. The van der Waals surface area contributed by atoms with Crippen LogP contribution in [0.5, 0.6) is 0 Å². The maximum atomic E-state index is 10.8. The summed E-state index contributed by atoms with van der Waals surface area (Å²) < 4.78 is 7.03. The lowest BCUT2D eigenvalue weighted by Crippen LogP contribution is -2.13. The summed E-state index contributed by atoms with van der Waals surface area (Å²) in [5.74, 6) is -0.596. The Hall–Kier alpha value is -2.04. The fraction of sp³-hybridized carbons (Fsp3) is 0.385. The van der Waals surface area contributed by atoms with Crippen LogP contribution < -0.4 is 0 Å². The van der Waals surface area contributed by atoms with E-state index in [9.17, 15) is 4.79 Å². The summed E-state index contributed by atoms with van der Waals surface area (Å²) in [6, 6.07) is 3.12. The molecule has 18 heavy (non-hydrogen) atoms. The number of carbonyl (C=O) groups is 1. The molecule has 0 radical (unpaired) electrons. The molecule has 1 N–H and O–H groups in total. The number of rotatable bonds is 2. The Labute approximate surface area is 105 Å². The molecule has 0 saturated carbocycles. The van der Waals surface area contributed by atoms with Crippen LogP contribution in [0.15, 0.2) is 22.7 Å². The molecular formula is C13H16N2O3. The van der Waals surface area contributed by atoms with Crippen LogP contribution in [0.25, 0.3) is 11.3 Å². The summed E-state index contributed by atoms with van der Waals surface area (Å²) in [5.41, 5.74) is 1.58. The van der Waals surface area contributed by atoms with Gasteiger partial charge in [-0.25, -0.2) is 4.79 Å². The minimum Gasteiger partial charge on any atom is -0.475 e. The van der Waals surface area contributed by atoms with Crippen LogP contribution in [0.3, 0.4) is 0 Å². The van der Waals surface area contributed by atoms with E-state index in [-0.39, 0.29) is 11.2 Å². The molecule has 5 nitrogen and oxygen atoms in total. The zero-order valence-electron chi connectivity index (χ0n) is 10.9. The van der Waals surface area contributed by atoms with Crippen LogP contribution in [0.4, 0.5) is 0 Å². The van der Waals surface area contributed by atoms with Crippen LogP contribution in [0.1, 0.15) is 37.0 Å². The third kappa shape index (κ3) is 2.16. The van der Waals surface area contributed by atoms with E-state index in [0.717, 1.165) is 11.3 Å². The van der Waals surface area contributed by atoms with Gasteiger partial charge in [0.1, 0.15) is 5.76 Å². The van der Waals surface area contributed by atoms with Crippen molar-refractivity contribution in [3.63, 3.8) is 0 Å². The maximum absolute atomic E-state index is 10.8. The second-order valence-electron chi connectivity index (χ2n) is 5.28. The zero-order valence-corrected chi connectivity index (χ0v) is 10.9. The lowest BCUT2D eigenvalue weighted by molar-refractivity contribution is 0.0663. The standard InChI is InChI=1S/C13H16N2O3/c1-13(2,3)11-8(7-15(4)14-11)9-5-6-10(18-9)12(16)17/h5-7H,1-4H3,(H,16,17). The fourth-order valence-corrected chi connectivity index (χ4v) is 1.82. The minimum atomic E-state index is -1.07. The summed E-state index contributed by atoms with van der Waals surface area (Å²) in [6.45, 7) is 6.17. The van der Waals surface area contributed by atoms with Gasteiger partial charge in [-0.1, -0.05) is 20.8 Å². The van der Waals surface area contributed by atoms with Crippen molar-refractivity contribution in [1.29, 1.82) is 0 Å². The van der Waals surface area contributed by atoms with E-state index in [4.69, 9.17) is 9.52 Å². The summed E-state index contributed by atoms with van der Waals surface area (Å²) in [7, 11) is 1.83. The number of hydrogen-bond acceptors (Lipinski definition) is 3. The minimum absolute atomic E-state index is 0.0614. The normalized spacial score (nSPS) is 11.8. The molecule has 0 spiro atoms. The first kappa shape index (κ1) is 12.4. The third-order valence-electron chi connectivity index (χ3n) is 2.62. The van der Waals surface area contributed by atoms with Gasteiger partial charge in [0.25, 0.3) is 0 Å². The van der Waals surface area contributed by atoms with Crippen molar-refractivity contribution in [3.05, 3.63) is 29.8 Å². The number of aryl methyl sites for hydroxylation is 1. The van der Waals surface area contributed by atoms with Gasteiger partial charge in [-0.2, -0.15) is 5.10 Å². The zero-order chi connectivity index (χ0) is 13.5. The molecule has 2 heterocycles. The van der Waals surface area contributed by atoms with Gasteiger partial charge in [-0.05, 0) is 12.1 Å². The number of carboxylic acids is 1. The number of aromatic nitrogens is 2. The second kappa shape index (κ2) is 4.01. The molecule has 5 heteroatoms. The van der Waals surface area contributed by atoms with E-state index in [2.05, 4.69) is 25.9 Å². The monoisotopic (exact) mass is 248 g/mol. The summed E-state index contributed by atoms with van der Waals surface area (Å²) in [6.07, 6.45) is 1.84. The molecule has 96 valence electrons. The first-order valence-electron chi connectivity index (χ1n) is 5.66. The van der Waals surface area contributed by atoms with Crippen molar-refractivity contribution in [2.75, 3.05) is 0 Å². The van der Waals surface area contributed by atoms with Crippen molar-refractivity contribution in [2.24, 2.45) is 7.05 Å². The smallest absolute Gasteiger partial charge is 0.371 e. The number of aromatic carboxylic acids is 1. The lowest BCUT2D eigenvalue weighted by Gasteiger charge is -2.16. The number of carboxylic acid groups (broad SMARTS) is 1. The molecule has 0 aliphatic rings. The number of hydrogen-bond donors (Lipinski definition) is 1. The lowest BCUT2D eigenvalue weighted by atomic mass is 9.89. The molecule has 0 fully saturated rings. The Bertz CT molecular complexity index is 588.